The first-order valence-electron chi connectivity index (χ1n) is 7.20. The molecule has 2 aromatic carbocycles. The van der Waals surface area contributed by atoms with Gasteiger partial charge in [0.25, 0.3) is 5.91 Å². The van der Waals surface area contributed by atoms with Crippen LogP contribution in [-0.4, -0.2) is 12.5 Å². The summed E-state index contributed by atoms with van der Waals surface area (Å²) in [6.45, 7) is 6.56. The Bertz CT molecular complexity index is 605. The molecule has 0 aromatic heterocycles. The molecule has 0 heterocycles. The van der Waals surface area contributed by atoms with Crippen molar-refractivity contribution in [2.24, 2.45) is 0 Å². The van der Waals surface area contributed by atoms with E-state index in [1.54, 1.807) is 0 Å². The van der Waals surface area contributed by atoms with Gasteiger partial charge in [0.15, 0.2) is 0 Å². The Morgan fingerprint density at radius 1 is 1.19 bits per heavy atom. The first kappa shape index (κ1) is 15.1. The van der Waals surface area contributed by atoms with Gasteiger partial charge in [-0.1, -0.05) is 29.8 Å². The Morgan fingerprint density at radius 3 is 2.52 bits per heavy atom. The molecular formula is C18H21NO2. The van der Waals surface area contributed by atoms with E-state index in [-0.39, 0.29) is 11.9 Å². The van der Waals surface area contributed by atoms with E-state index >= 15 is 0 Å². The molecule has 110 valence electrons. The molecule has 0 fully saturated rings. The number of carbonyl (C=O) groups is 1. The molecule has 1 amide bonds. The van der Waals surface area contributed by atoms with Gasteiger partial charge in [0, 0.05) is 5.56 Å². The average molecular weight is 283 g/mol. The summed E-state index contributed by atoms with van der Waals surface area (Å²) in [5, 5.41) is 3.01. The Morgan fingerprint density at radius 2 is 1.90 bits per heavy atom. The zero-order valence-electron chi connectivity index (χ0n) is 12.7. The number of nitrogens with one attached hydrogen (secondary N) is 1. The summed E-state index contributed by atoms with van der Waals surface area (Å²) < 4.78 is 5.42. The molecule has 1 atom stereocenters. The predicted molar refractivity (Wildman–Crippen MR) is 84.7 cm³/mol. The van der Waals surface area contributed by atoms with Crippen molar-refractivity contribution < 1.29 is 9.53 Å². The molecular weight excluding hydrogens is 262 g/mol. The van der Waals surface area contributed by atoms with Crippen LogP contribution in [0.2, 0.25) is 0 Å². The highest BCUT2D eigenvalue weighted by Gasteiger charge is 2.11. The lowest BCUT2D eigenvalue weighted by Crippen LogP contribution is -2.26. The van der Waals surface area contributed by atoms with Gasteiger partial charge < -0.3 is 10.1 Å². The summed E-state index contributed by atoms with van der Waals surface area (Å²) in [7, 11) is 0. The highest BCUT2D eigenvalue weighted by molar-refractivity contribution is 5.94. The molecule has 21 heavy (non-hydrogen) atoms. The van der Waals surface area contributed by atoms with E-state index in [2.05, 4.69) is 5.32 Å². The lowest BCUT2D eigenvalue weighted by atomic mass is 10.1. The van der Waals surface area contributed by atoms with Crippen molar-refractivity contribution in [3.05, 3.63) is 65.2 Å². The smallest absolute Gasteiger partial charge is 0.251 e. The SMILES string of the molecule is CCOc1ccc([C@@H](C)NC(=O)c2cccc(C)c2)cc1. The molecule has 0 saturated carbocycles. The number of benzene rings is 2. The van der Waals surface area contributed by atoms with Gasteiger partial charge in [-0.2, -0.15) is 0 Å². The Hall–Kier alpha value is -2.29. The zero-order valence-corrected chi connectivity index (χ0v) is 12.7. The van der Waals surface area contributed by atoms with Gasteiger partial charge in [-0.05, 0) is 50.6 Å². The van der Waals surface area contributed by atoms with Crippen molar-refractivity contribution in [3.63, 3.8) is 0 Å². The Labute approximate surface area is 126 Å². The Balaban J connectivity index is 2.03. The average Bonchev–Trinajstić information content (AvgIpc) is 2.48. The standard InChI is InChI=1S/C18H21NO2/c1-4-21-17-10-8-15(9-11-17)14(3)19-18(20)16-7-5-6-13(2)12-16/h5-12,14H,4H2,1-3H3,(H,19,20)/t14-/m1/s1. The molecule has 0 saturated heterocycles. The maximum atomic E-state index is 12.2. The summed E-state index contributed by atoms with van der Waals surface area (Å²) >= 11 is 0. The van der Waals surface area contributed by atoms with Crippen LogP contribution in [0.25, 0.3) is 0 Å². The maximum Gasteiger partial charge on any atom is 0.251 e. The summed E-state index contributed by atoms with van der Waals surface area (Å²) in [6.07, 6.45) is 0. The molecule has 0 aliphatic rings. The third kappa shape index (κ3) is 4.09. The molecule has 2 aromatic rings. The van der Waals surface area contributed by atoms with Gasteiger partial charge in [-0.15, -0.1) is 0 Å². The number of ether oxygens (including phenoxy) is 1. The molecule has 1 N–H and O–H groups in total. The number of aryl methyl sites for hydroxylation is 1. The second kappa shape index (κ2) is 6.93. The lowest BCUT2D eigenvalue weighted by Gasteiger charge is -2.15. The van der Waals surface area contributed by atoms with Crippen LogP contribution in [0.3, 0.4) is 0 Å². The highest BCUT2D eigenvalue weighted by Crippen LogP contribution is 2.18. The van der Waals surface area contributed by atoms with Crippen LogP contribution >= 0.6 is 0 Å². The van der Waals surface area contributed by atoms with Gasteiger partial charge in [-0.25, -0.2) is 0 Å². The number of rotatable bonds is 5. The van der Waals surface area contributed by atoms with Crippen molar-refractivity contribution >= 4 is 5.91 Å². The second-order valence-corrected chi connectivity index (χ2v) is 5.07. The van der Waals surface area contributed by atoms with Crippen LogP contribution in [0, 0.1) is 6.92 Å². The minimum atomic E-state index is -0.0555. The van der Waals surface area contributed by atoms with E-state index in [1.165, 1.54) is 0 Å². The summed E-state index contributed by atoms with van der Waals surface area (Å²) in [4.78, 5) is 12.2. The predicted octanol–water partition coefficient (Wildman–Crippen LogP) is 3.88. The first-order chi connectivity index (χ1) is 10.1. The number of hydrogen-bond acceptors (Lipinski definition) is 2. The fraction of sp³-hybridized carbons (Fsp3) is 0.278. The van der Waals surface area contributed by atoms with Crippen molar-refractivity contribution in [2.75, 3.05) is 6.61 Å². The van der Waals surface area contributed by atoms with Crippen LogP contribution in [0.1, 0.15) is 41.4 Å². The quantitative estimate of drug-likeness (QED) is 0.904. The molecule has 0 radical (unpaired) electrons. The largest absolute Gasteiger partial charge is 0.494 e. The highest BCUT2D eigenvalue weighted by atomic mass is 16.5. The van der Waals surface area contributed by atoms with Crippen LogP contribution in [0.4, 0.5) is 0 Å². The van der Waals surface area contributed by atoms with Gasteiger partial charge in [0.05, 0.1) is 12.6 Å². The van der Waals surface area contributed by atoms with Crippen LogP contribution in [0.15, 0.2) is 48.5 Å². The molecule has 2 rings (SSSR count). The monoisotopic (exact) mass is 283 g/mol. The van der Waals surface area contributed by atoms with Crippen LogP contribution in [0.5, 0.6) is 5.75 Å². The minimum absolute atomic E-state index is 0.0475. The number of hydrogen-bond donors (Lipinski definition) is 1. The van der Waals surface area contributed by atoms with Gasteiger partial charge >= 0.3 is 0 Å². The third-order valence-corrected chi connectivity index (χ3v) is 3.32. The van der Waals surface area contributed by atoms with Gasteiger partial charge in [-0.3, -0.25) is 4.79 Å². The molecule has 0 spiro atoms. The maximum absolute atomic E-state index is 12.2. The van der Waals surface area contributed by atoms with Crippen molar-refractivity contribution in [1.29, 1.82) is 0 Å². The van der Waals surface area contributed by atoms with Crippen molar-refractivity contribution in [3.8, 4) is 5.75 Å². The first-order valence-corrected chi connectivity index (χ1v) is 7.20. The number of carbonyl (C=O) groups excluding carboxylic acids is 1. The normalized spacial score (nSPS) is 11.8. The van der Waals surface area contributed by atoms with E-state index in [1.807, 2.05) is 69.3 Å². The summed E-state index contributed by atoms with van der Waals surface area (Å²) in [5.41, 5.74) is 2.82. The van der Waals surface area contributed by atoms with E-state index in [4.69, 9.17) is 4.74 Å². The topological polar surface area (TPSA) is 38.3 Å². The van der Waals surface area contributed by atoms with E-state index < -0.39 is 0 Å². The van der Waals surface area contributed by atoms with E-state index in [0.717, 1.165) is 16.9 Å². The summed E-state index contributed by atoms with van der Waals surface area (Å²) in [6, 6.07) is 15.3. The second-order valence-electron chi connectivity index (χ2n) is 5.07. The fourth-order valence-electron chi connectivity index (χ4n) is 2.17. The van der Waals surface area contributed by atoms with Crippen molar-refractivity contribution in [2.45, 2.75) is 26.8 Å². The molecule has 0 aliphatic carbocycles. The Kier molecular flexibility index (Phi) is 4.99. The third-order valence-electron chi connectivity index (χ3n) is 3.32. The van der Waals surface area contributed by atoms with Gasteiger partial charge in [0.1, 0.15) is 5.75 Å². The van der Waals surface area contributed by atoms with Crippen molar-refractivity contribution in [1.82, 2.24) is 5.32 Å². The molecule has 0 bridgehead atoms. The fourth-order valence-corrected chi connectivity index (χ4v) is 2.17. The minimum Gasteiger partial charge on any atom is -0.494 e. The van der Waals surface area contributed by atoms with Crippen LogP contribution < -0.4 is 10.1 Å². The molecule has 0 aliphatic heterocycles. The lowest BCUT2D eigenvalue weighted by molar-refractivity contribution is 0.0940. The van der Waals surface area contributed by atoms with E-state index in [0.29, 0.717) is 12.2 Å². The molecule has 3 heteroatoms. The van der Waals surface area contributed by atoms with E-state index in [9.17, 15) is 4.79 Å². The molecule has 0 unspecified atom stereocenters. The molecule has 3 nitrogen and oxygen atoms in total. The van der Waals surface area contributed by atoms with Crippen LogP contribution in [-0.2, 0) is 0 Å². The van der Waals surface area contributed by atoms with Gasteiger partial charge in [0.2, 0.25) is 0 Å². The zero-order chi connectivity index (χ0) is 15.2. The number of amides is 1. The summed E-state index contributed by atoms with van der Waals surface area (Å²) in [5.74, 6) is 0.790.